The second-order valence-electron chi connectivity index (χ2n) is 5.28. The molecule has 1 aliphatic heterocycles. The number of carbonyl (C=O) groups is 1. The van der Waals surface area contributed by atoms with Gasteiger partial charge in [0.2, 0.25) is 6.79 Å². The number of fused-ring (bicyclic) bond motifs is 1. The lowest BCUT2D eigenvalue weighted by Crippen LogP contribution is -2.13. The van der Waals surface area contributed by atoms with Gasteiger partial charge in [0.1, 0.15) is 5.82 Å². The first-order valence-electron chi connectivity index (χ1n) is 7.59. The smallest absolute Gasteiger partial charge is 0.292 e. The minimum absolute atomic E-state index is 0.215. The Morgan fingerprint density at radius 2 is 1.88 bits per heavy atom. The number of nitrogens with zero attached hydrogens (tertiary/aromatic N) is 2. The Balaban J connectivity index is 1.35. The van der Waals surface area contributed by atoms with Gasteiger partial charge in [-0.2, -0.15) is 0 Å². The van der Waals surface area contributed by atoms with Gasteiger partial charge in [-0.15, -0.1) is 10.2 Å². The Morgan fingerprint density at radius 3 is 2.68 bits per heavy atom. The van der Waals surface area contributed by atoms with E-state index >= 15 is 0 Å². The maximum absolute atomic E-state index is 11.9. The summed E-state index contributed by atoms with van der Waals surface area (Å²) in [6.45, 7) is 0.812. The number of amides is 1. The van der Waals surface area contributed by atoms with Crippen LogP contribution in [-0.4, -0.2) is 22.9 Å². The van der Waals surface area contributed by atoms with Crippen molar-refractivity contribution in [3.8, 4) is 11.5 Å². The highest BCUT2D eigenvalue weighted by Crippen LogP contribution is 2.32. The molecule has 126 valence electrons. The van der Waals surface area contributed by atoms with Gasteiger partial charge in [0, 0.05) is 6.54 Å². The van der Waals surface area contributed by atoms with Gasteiger partial charge in [0.15, 0.2) is 23.1 Å². The van der Waals surface area contributed by atoms with Gasteiger partial charge < -0.3 is 24.5 Å². The Labute approximate surface area is 142 Å². The van der Waals surface area contributed by atoms with Gasteiger partial charge in [0.05, 0.1) is 6.26 Å². The number of furan rings is 1. The lowest BCUT2D eigenvalue weighted by atomic mass is 10.2. The third kappa shape index (κ3) is 3.37. The molecule has 2 N–H and O–H groups in total. The molecular formula is C17H14N4O4. The molecule has 1 aliphatic rings. The molecule has 0 spiro atoms. The molecule has 0 aliphatic carbocycles. The topological polar surface area (TPSA) is 98.5 Å². The van der Waals surface area contributed by atoms with Gasteiger partial charge in [-0.1, -0.05) is 6.07 Å². The molecule has 0 saturated carbocycles. The summed E-state index contributed by atoms with van der Waals surface area (Å²) in [5, 5.41) is 13.8. The molecule has 0 fully saturated rings. The van der Waals surface area contributed by atoms with Gasteiger partial charge in [0.25, 0.3) is 5.91 Å². The number of aromatic nitrogens is 2. The molecule has 3 aromatic rings. The van der Waals surface area contributed by atoms with Gasteiger partial charge in [-0.05, 0) is 42.0 Å². The first-order valence-corrected chi connectivity index (χ1v) is 7.59. The zero-order valence-corrected chi connectivity index (χ0v) is 13.1. The van der Waals surface area contributed by atoms with Crippen LogP contribution in [0, 0.1) is 0 Å². The molecule has 0 bridgehead atoms. The van der Waals surface area contributed by atoms with E-state index in [2.05, 4.69) is 20.8 Å². The highest BCUT2D eigenvalue weighted by Gasteiger charge is 2.13. The van der Waals surface area contributed by atoms with Gasteiger partial charge >= 0.3 is 0 Å². The molecule has 4 rings (SSSR count). The monoisotopic (exact) mass is 338 g/mol. The van der Waals surface area contributed by atoms with E-state index in [1.54, 1.807) is 24.3 Å². The maximum atomic E-state index is 11.9. The number of hydrogen-bond donors (Lipinski definition) is 2. The van der Waals surface area contributed by atoms with E-state index in [1.165, 1.54) is 6.26 Å². The van der Waals surface area contributed by atoms with Crippen LogP contribution in [0.15, 0.2) is 53.1 Å². The first kappa shape index (κ1) is 15.0. The number of anilines is 2. The Bertz CT molecular complexity index is 878. The van der Waals surface area contributed by atoms with E-state index in [0.717, 1.165) is 17.1 Å². The minimum Gasteiger partial charge on any atom is -0.459 e. The third-order valence-electron chi connectivity index (χ3n) is 3.56. The summed E-state index contributed by atoms with van der Waals surface area (Å²) in [5.41, 5.74) is 1.03. The summed E-state index contributed by atoms with van der Waals surface area (Å²) in [6, 6.07) is 12.4. The summed E-state index contributed by atoms with van der Waals surface area (Å²) in [4.78, 5) is 11.9. The molecule has 25 heavy (non-hydrogen) atoms. The molecule has 2 aromatic heterocycles. The van der Waals surface area contributed by atoms with Crippen LogP contribution in [-0.2, 0) is 6.54 Å². The van der Waals surface area contributed by atoms with Crippen molar-refractivity contribution in [2.45, 2.75) is 6.54 Å². The fourth-order valence-electron chi connectivity index (χ4n) is 2.32. The van der Waals surface area contributed by atoms with Crippen molar-refractivity contribution in [3.05, 3.63) is 60.1 Å². The zero-order valence-electron chi connectivity index (χ0n) is 13.1. The quantitative estimate of drug-likeness (QED) is 0.738. The Morgan fingerprint density at radius 1 is 1.04 bits per heavy atom. The minimum atomic E-state index is -0.375. The normalized spacial score (nSPS) is 12.0. The van der Waals surface area contributed by atoms with Crippen LogP contribution >= 0.6 is 0 Å². The van der Waals surface area contributed by atoms with E-state index < -0.39 is 0 Å². The van der Waals surface area contributed by atoms with E-state index in [0.29, 0.717) is 18.2 Å². The molecule has 1 aromatic carbocycles. The largest absolute Gasteiger partial charge is 0.459 e. The molecule has 8 nitrogen and oxygen atoms in total. The van der Waals surface area contributed by atoms with Crippen LogP contribution in [0.4, 0.5) is 11.6 Å². The molecule has 0 unspecified atom stereocenters. The molecule has 3 heterocycles. The molecular weight excluding hydrogens is 324 g/mol. The number of hydrogen-bond acceptors (Lipinski definition) is 7. The number of nitrogens with one attached hydrogen (secondary N) is 2. The summed E-state index contributed by atoms with van der Waals surface area (Å²) in [6.07, 6.45) is 1.43. The van der Waals surface area contributed by atoms with Crippen molar-refractivity contribution >= 4 is 17.5 Å². The summed E-state index contributed by atoms with van der Waals surface area (Å²) >= 11 is 0. The van der Waals surface area contributed by atoms with Crippen LogP contribution in [0.25, 0.3) is 0 Å². The van der Waals surface area contributed by atoms with Gasteiger partial charge in [-0.25, -0.2) is 0 Å². The third-order valence-corrected chi connectivity index (χ3v) is 3.56. The molecule has 0 saturated heterocycles. The van der Waals surface area contributed by atoms with Crippen molar-refractivity contribution in [3.63, 3.8) is 0 Å². The van der Waals surface area contributed by atoms with Crippen LogP contribution < -0.4 is 20.1 Å². The Hall–Kier alpha value is -3.55. The first-order chi connectivity index (χ1) is 12.3. The predicted octanol–water partition coefficient (Wildman–Crippen LogP) is 2.66. The van der Waals surface area contributed by atoms with Crippen molar-refractivity contribution in [2.75, 3.05) is 17.4 Å². The van der Waals surface area contributed by atoms with Crippen LogP contribution in [0.5, 0.6) is 11.5 Å². The maximum Gasteiger partial charge on any atom is 0.292 e. The average molecular weight is 338 g/mol. The SMILES string of the molecule is O=C(Nc1ccc(NCc2ccc3c(c2)OCO3)nn1)c1ccco1. The van der Waals surface area contributed by atoms with Crippen LogP contribution in [0.2, 0.25) is 0 Å². The Kier molecular flexibility index (Phi) is 3.91. The van der Waals surface area contributed by atoms with Crippen LogP contribution in [0.3, 0.4) is 0 Å². The van der Waals surface area contributed by atoms with E-state index in [1.807, 2.05) is 18.2 Å². The lowest BCUT2D eigenvalue weighted by Gasteiger charge is -2.07. The average Bonchev–Trinajstić information content (AvgIpc) is 3.32. The molecule has 8 heteroatoms. The molecule has 1 amide bonds. The summed E-state index contributed by atoms with van der Waals surface area (Å²) in [7, 11) is 0. The fraction of sp³-hybridized carbons (Fsp3) is 0.118. The van der Waals surface area contributed by atoms with E-state index in [4.69, 9.17) is 13.9 Å². The van der Waals surface area contributed by atoms with Crippen molar-refractivity contribution < 1.29 is 18.7 Å². The van der Waals surface area contributed by atoms with E-state index in [9.17, 15) is 4.79 Å². The predicted molar refractivity (Wildman–Crippen MR) is 88.6 cm³/mol. The summed E-state index contributed by atoms with van der Waals surface area (Å²) < 4.78 is 15.6. The van der Waals surface area contributed by atoms with E-state index in [-0.39, 0.29) is 18.5 Å². The highest BCUT2D eigenvalue weighted by atomic mass is 16.7. The molecule has 0 radical (unpaired) electrons. The fourth-order valence-corrected chi connectivity index (χ4v) is 2.32. The van der Waals surface area contributed by atoms with Crippen molar-refractivity contribution in [1.29, 1.82) is 0 Å². The second-order valence-corrected chi connectivity index (χ2v) is 5.28. The zero-order chi connectivity index (χ0) is 17.1. The van der Waals surface area contributed by atoms with Crippen LogP contribution in [0.1, 0.15) is 16.1 Å². The summed E-state index contributed by atoms with van der Waals surface area (Å²) in [5.74, 6) is 2.26. The molecule has 0 atom stereocenters. The number of benzene rings is 1. The van der Waals surface area contributed by atoms with Gasteiger partial charge in [-0.3, -0.25) is 4.79 Å². The lowest BCUT2D eigenvalue weighted by molar-refractivity contribution is 0.0996. The van der Waals surface area contributed by atoms with Crippen molar-refractivity contribution in [1.82, 2.24) is 10.2 Å². The second kappa shape index (κ2) is 6.52. The highest BCUT2D eigenvalue weighted by molar-refractivity contribution is 6.01. The van der Waals surface area contributed by atoms with Crippen molar-refractivity contribution in [2.24, 2.45) is 0 Å². The number of carbonyl (C=O) groups excluding carboxylic acids is 1. The standard InChI is InChI=1S/C17H14N4O4/c22-17(13-2-1-7-23-13)19-16-6-5-15(20-21-16)18-9-11-3-4-12-14(8-11)25-10-24-12/h1-8H,9-10H2,(H,18,20)(H,19,21,22). The number of ether oxygens (including phenoxy) is 2. The number of rotatable bonds is 5.